The van der Waals surface area contributed by atoms with E-state index in [1.807, 2.05) is 0 Å². The van der Waals surface area contributed by atoms with Crippen molar-refractivity contribution in [2.24, 2.45) is 35.0 Å². The molecule has 9 aliphatic carbocycles. The third kappa shape index (κ3) is 5.52. The predicted molar refractivity (Wildman–Crippen MR) is 281 cm³/mol. The van der Waals surface area contributed by atoms with Crippen molar-refractivity contribution < 1.29 is 0 Å². The second-order valence-corrected chi connectivity index (χ2v) is 23.5. The second kappa shape index (κ2) is 15.0. The number of nitriles is 1. The molecule has 6 nitrogen and oxygen atoms in total. The van der Waals surface area contributed by atoms with Crippen molar-refractivity contribution >= 4 is 23.4 Å². The molecule has 9 unspecified atom stereocenters. The fourth-order valence-electron chi connectivity index (χ4n) is 16.6. The van der Waals surface area contributed by atoms with Gasteiger partial charge >= 0.3 is 0 Å². The number of hydrogen-bond acceptors (Lipinski definition) is 5. The lowest BCUT2D eigenvalue weighted by Crippen LogP contribution is -2.68. The van der Waals surface area contributed by atoms with E-state index in [0.717, 1.165) is 56.2 Å². The van der Waals surface area contributed by atoms with Crippen molar-refractivity contribution in [2.75, 3.05) is 0 Å². The van der Waals surface area contributed by atoms with Crippen LogP contribution in [0.1, 0.15) is 124 Å². The molecule has 1 saturated heterocycles. The summed E-state index contributed by atoms with van der Waals surface area (Å²) in [6, 6.07) is 23.5. The van der Waals surface area contributed by atoms with Crippen LogP contribution >= 0.6 is 0 Å². The quantitative estimate of drug-likeness (QED) is 0.274. The minimum absolute atomic E-state index is 0.0265. The molecule has 2 bridgehead atoms. The van der Waals surface area contributed by atoms with Gasteiger partial charge in [0.2, 0.25) is 0 Å². The highest BCUT2D eigenvalue weighted by atomic mass is 15.5. The standard InChI is InChI=1S/C64H64N6/c1-63(2)50-25-13-9-22-46(50)57-47(23-16-26-51(57)63)61-66-60(37-17-6-5-7-18-37)67-62-48-33-38(36-65)54(69-52-27-14-10-20-41(52)42-21-11-15-28-53(42)69)35-56(48)70-55-34-39(68(61)62)29-30-43(55)45-32-31-44-40-19-8-12-24-49(40)64(3,4)58(44)59(45)70/h5-7,9,12-15,17-18,22,24-25,27-32,34-35,43-44,48,51,55,58,60-62,66-67H,8,10-11,16,19-21,23,26,33H2,1-4H3. The predicted octanol–water partition coefficient (Wildman–Crippen LogP) is 12.9. The maximum Gasteiger partial charge on any atom is 0.105 e. The summed E-state index contributed by atoms with van der Waals surface area (Å²) < 4.78 is 2.52. The molecule has 2 aromatic carbocycles. The topological polar surface area (TPSA) is 59.3 Å². The van der Waals surface area contributed by atoms with Crippen LogP contribution in [0.5, 0.6) is 0 Å². The summed E-state index contributed by atoms with van der Waals surface area (Å²) >= 11 is 0. The third-order valence-corrected chi connectivity index (χ3v) is 19.6. The molecule has 4 heterocycles. The van der Waals surface area contributed by atoms with Gasteiger partial charge in [-0.2, -0.15) is 5.26 Å². The van der Waals surface area contributed by atoms with Gasteiger partial charge in [0.15, 0.2) is 0 Å². The minimum Gasteiger partial charge on any atom is -0.340 e. The largest absolute Gasteiger partial charge is 0.340 e. The van der Waals surface area contributed by atoms with E-state index >= 15 is 0 Å². The molecule has 0 spiro atoms. The number of hydrogen-bond donors (Lipinski definition) is 2. The molecule has 9 atom stereocenters. The average Bonchev–Trinajstić information content (AvgIpc) is 4.06. The molecular formula is C64H64N6. The van der Waals surface area contributed by atoms with Crippen LogP contribution in [0, 0.1) is 46.3 Å². The van der Waals surface area contributed by atoms with E-state index < -0.39 is 0 Å². The van der Waals surface area contributed by atoms with Gasteiger partial charge in [-0.05, 0) is 161 Å². The first-order valence-electron chi connectivity index (χ1n) is 26.9. The first kappa shape index (κ1) is 41.6. The van der Waals surface area contributed by atoms with Crippen molar-refractivity contribution in [3.63, 3.8) is 0 Å². The van der Waals surface area contributed by atoms with Gasteiger partial charge in [0, 0.05) is 52.2 Å². The first-order chi connectivity index (χ1) is 34.2. The van der Waals surface area contributed by atoms with Gasteiger partial charge in [0.25, 0.3) is 0 Å². The molecule has 350 valence electrons. The number of benzene rings is 2. The van der Waals surface area contributed by atoms with E-state index in [-0.39, 0.29) is 47.2 Å². The van der Waals surface area contributed by atoms with Crippen LogP contribution in [0.2, 0.25) is 0 Å². The van der Waals surface area contributed by atoms with E-state index in [9.17, 15) is 5.26 Å². The Morgan fingerprint density at radius 2 is 1.49 bits per heavy atom. The molecular weight excluding hydrogens is 853 g/mol. The molecule has 1 aromatic heterocycles. The van der Waals surface area contributed by atoms with Crippen LogP contribution in [0.3, 0.4) is 0 Å². The number of fused-ring (bicyclic) bond motifs is 16. The van der Waals surface area contributed by atoms with Gasteiger partial charge in [0.1, 0.15) is 6.17 Å². The number of allylic oxidation sites excluding steroid dienone is 14. The molecule has 0 saturated carbocycles. The summed E-state index contributed by atoms with van der Waals surface area (Å²) in [6.07, 6.45) is 40.1. The normalized spacial score (nSPS) is 33.0. The zero-order chi connectivity index (χ0) is 46.8. The average molecular weight is 917 g/mol. The van der Waals surface area contributed by atoms with Crippen LogP contribution < -0.4 is 10.6 Å². The molecule has 0 radical (unpaired) electrons. The molecule has 12 aliphatic rings. The summed E-state index contributed by atoms with van der Waals surface area (Å²) in [6.45, 7) is 10.1. The van der Waals surface area contributed by atoms with Gasteiger partial charge in [-0.15, -0.1) is 0 Å². The highest BCUT2D eigenvalue weighted by Crippen LogP contribution is 2.64. The molecule has 2 N–H and O–H groups in total. The van der Waals surface area contributed by atoms with E-state index in [2.05, 4.69) is 186 Å². The molecule has 70 heavy (non-hydrogen) atoms. The van der Waals surface area contributed by atoms with Gasteiger partial charge in [-0.3, -0.25) is 10.6 Å². The summed E-state index contributed by atoms with van der Waals surface area (Å²) in [5.74, 6) is 1.36. The van der Waals surface area contributed by atoms with Crippen molar-refractivity contribution in [3.05, 3.63) is 200 Å². The Bertz CT molecular complexity index is 3210. The first-order valence-corrected chi connectivity index (χ1v) is 26.9. The van der Waals surface area contributed by atoms with E-state index in [4.69, 9.17) is 0 Å². The van der Waals surface area contributed by atoms with E-state index in [1.165, 1.54) is 74.7 Å². The maximum absolute atomic E-state index is 11.7. The number of aromatic nitrogens is 1. The Morgan fingerprint density at radius 1 is 0.743 bits per heavy atom. The second-order valence-electron chi connectivity index (χ2n) is 23.5. The van der Waals surface area contributed by atoms with Gasteiger partial charge in [-0.25, -0.2) is 0 Å². The third-order valence-electron chi connectivity index (χ3n) is 19.6. The summed E-state index contributed by atoms with van der Waals surface area (Å²) in [4.78, 5) is 5.68. The Balaban J connectivity index is 0.980. The highest BCUT2D eigenvalue weighted by Gasteiger charge is 2.59. The van der Waals surface area contributed by atoms with Crippen LogP contribution in [0.25, 0.3) is 23.4 Å². The van der Waals surface area contributed by atoms with Gasteiger partial charge in [0.05, 0.1) is 35.7 Å². The Labute approximate surface area is 414 Å². The van der Waals surface area contributed by atoms with Gasteiger partial charge in [-0.1, -0.05) is 130 Å². The Kier molecular flexibility index (Phi) is 8.89. The molecule has 6 heteroatoms. The van der Waals surface area contributed by atoms with Gasteiger partial charge < -0.3 is 14.4 Å². The lowest BCUT2D eigenvalue weighted by Gasteiger charge is -2.56. The van der Waals surface area contributed by atoms with Crippen LogP contribution in [-0.4, -0.2) is 32.7 Å². The molecule has 1 fully saturated rings. The van der Waals surface area contributed by atoms with Crippen LogP contribution in [0.4, 0.5) is 0 Å². The van der Waals surface area contributed by atoms with Crippen molar-refractivity contribution in [1.82, 2.24) is 25.0 Å². The van der Waals surface area contributed by atoms with E-state index in [1.54, 1.807) is 22.3 Å². The smallest absolute Gasteiger partial charge is 0.105 e. The summed E-state index contributed by atoms with van der Waals surface area (Å²) in [7, 11) is 0. The monoisotopic (exact) mass is 917 g/mol. The zero-order valence-corrected chi connectivity index (χ0v) is 41.2. The maximum atomic E-state index is 11.7. The summed E-state index contributed by atoms with van der Waals surface area (Å²) in [5, 5.41) is 20.4. The number of nitrogens with one attached hydrogen (secondary N) is 2. The van der Waals surface area contributed by atoms with Crippen LogP contribution in [0.15, 0.2) is 160 Å². The fraction of sp³-hybridized carbons (Fsp3) is 0.391. The zero-order valence-electron chi connectivity index (χ0n) is 41.2. The minimum atomic E-state index is -0.128. The fourth-order valence-corrected chi connectivity index (χ4v) is 16.6. The number of rotatable bonds is 3. The Hall–Kier alpha value is -6.13. The lowest BCUT2D eigenvalue weighted by atomic mass is 9.69. The molecule has 3 aliphatic heterocycles. The van der Waals surface area contributed by atoms with Crippen molar-refractivity contribution in [2.45, 2.75) is 122 Å². The van der Waals surface area contributed by atoms with Crippen molar-refractivity contribution in [1.29, 1.82) is 5.26 Å². The van der Waals surface area contributed by atoms with E-state index in [0.29, 0.717) is 24.2 Å². The lowest BCUT2D eigenvalue weighted by molar-refractivity contribution is 0.0282. The SMILES string of the molecule is CC1(C)C2=C(CCC=C2)C2C=CC3=C(C21)N1C2=CC(n4c5c(c6c4C=CCC6)CCC=C5)=C(C#N)CC2C2NC(c4ccccc4)NC(C4=C5c6ccccc6C(C)(C)C5CCC4)N2C2=CC1C3C=C2. The Morgan fingerprint density at radius 3 is 2.29 bits per heavy atom. The number of nitrogens with zero attached hydrogens (tertiary/aromatic N) is 4. The highest BCUT2D eigenvalue weighted by molar-refractivity contribution is 5.82. The molecule has 15 rings (SSSR count). The van der Waals surface area contributed by atoms with Crippen LogP contribution in [-0.2, 0) is 18.3 Å². The molecule has 0 amide bonds. The van der Waals surface area contributed by atoms with Crippen molar-refractivity contribution in [3.8, 4) is 6.07 Å². The summed E-state index contributed by atoms with van der Waals surface area (Å²) in [5.41, 5.74) is 23.7. The molecule has 3 aromatic rings.